The lowest BCUT2D eigenvalue weighted by atomic mass is 10.1. The van der Waals surface area contributed by atoms with Gasteiger partial charge in [0.1, 0.15) is 12.1 Å². The van der Waals surface area contributed by atoms with Crippen LogP contribution in [0, 0.1) is 0 Å². The summed E-state index contributed by atoms with van der Waals surface area (Å²) in [6.45, 7) is 6.08. The molecule has 5 rings (SSSR count). The molecule has 8 heteroatoms. The second-order valence-corrected chi connectivity index (χ2v) is 7.68. The fourth-order valence-electron chi connectivity index (χ4n) is 3.81. The predicted molar refractivity (Wildman–Crippen MR) is 110 cm³/mol. The van der Waals surface area contributed by atoms with Crippen molar-refractivity contribution in [2.75, 3.05) is 46.1 Å². The number of fused-ring (bicyclic) bond motifs is 3. The van der Waals surface area contributed by atoms with E-state index in [2.05, 4.69) is 9.88 Å². The second kappa shape index (κ2) is 8.28. The molecule has 29 heavy (non-hydrogen) atoms. The van der Waals surface area contributed by atoms with E-state index in [9.17, 15) is 0 Å². The van der Waals surface area contributed by atoms with Gasteiger partial charge in [0.2, 0.25) is 5.88 Å². The Balaban J connectivity index is 1.50. The number of halogens is 1. The molecule has 152 valence electrons. The van der Waals surface area contributed by atoms with Gasteiger partial charge in [-0.2, -0.15) is 9.78 Å². The van der Waals surface area contributed by atoms with Crippen LogP contribution in [-0.2, 0) is 22.5 Å². The Bertz CT molecular complexity index is 999. The van der Waals surface area contributed by atoms with Gasteiger partial charge in [0, 0.05) is 42.8 Å². The van der Waals surface area contributed by atoms with E-state index in [-0.39, 0.29) is 0 Å². The third-order valence-corrected chi connectivity index (χ3v) is 5.66. The van der Waals surface area contributed by atoms with Crippen molar-refractivity contribution in [3.63, 3.8) is 0 Å². The van der Waals surface area contributed by atoms with E-state index in [1.54, 1.807) is 0 Å². The number of ether oxygens (including phenoxy) is 3. The summed E-state index contributed by atoms with van der Waals surface area (Å²) in [4.78, 5) is 7.02. The average molecular weight is 415 g/mol. The van der Waals surface area contributed by atoms with Gasteiger partial charge >= 0.3 is 0 Å². The highest BCUT2D eigenvalue weighted by atomic mass is 35.5. The van der Waals surface area contributed by atoms with E-state index < -0.39 is 0 Å². The first kappa shape index (κ1) is 18.8. The molecule has 0 N–H and O–H groups in total. The minimum absolute atomic E-state index is 0.532. The molecule has 0 saturated carbocycles. The monoisotopic (exact) mass is 414 g/mol. The van der Waals surface area contributed by atoms with Gasteiger partial charge in [-0.1, -0.05) is 11.6 Å². The average Bonchev–Trinajstić information content (AvgIpc) is 3.14. The van der Waals surface area contributed by atoms with Gasteiger partial charge in [-0.15, -0.1) is 0 Å². The number of aromatic nitrogens is 3. The van der Waals surface area contributed by atoms with Gasteiger partial charge in [-0.05, 0) is 24.3 Å². The van der Waals surface area contributed by atoms with E-state index in [1.807, 2.05) is 35.1 Å². The summed E-state index contributed by atoms with van der Waals surface area (Å²) in [5, 5.41) is 6.48. The number of hydrogen-bond acceptors (Lipinski definition) is 6. The quantitative estimate of drug-likeness (QED) is 0.639. The van der Waals surface area contributed by atoms with Crippen molar-refractivity contribution >= 4 is 22.5 Å². The van der Waals surface area contributed by atoms with E-state index in [0.717, 1.165) is 67.1 Å². The van der Waals surface area contributed by atoms with Crippen molar-refractivity contribution in [2.45, 2.75) is 13.0 Å². The Morgan fingerprint density at radius 1 is 1.07 bits per heavy atom. The van der Waals surface area contributed by atoms with E-state index in [4.69, 9.17) is 30.9 Å². The summed E-state index contributed by atoms with van der Waals surface area (Å²) in [6.07, 6.45) is 2.69. The third-order valence-electron chi connectivity index (χ3n) is 5.41. The molecule has 2 aromatic heterocycles. The molecule has 1 aromatic carbocycles. The van der Waals surface area contributed by atoms with E-state index in [0.29, 0.717) is 30.7 Å². The molecule has 0 unspecified atom stereocenters. The summed E-state index contributed by atoms with van der Waals surface area (Å²) in [5.41, 5.74) is 3.91. The Kier molecular flexibility index (Phi) is 5.37. The number of benzene rings is 1. The molecule has 3 aromatic rings. The van der Waals surface area contributed by atoms with Crippen molar-refractivity contribution < 1.29 is 14.2 Å². The number of hydrogen-bond donors (Lipinski definition) is 0. The molecule has 1 saturated heterocycles. The van der Waals surface area contributed by atoms with Gasteiger partial charge in [0.25, 0.3) is 0 Å². The zero-order valence-corrected chi connectivity index (χ0v) is 16.9. The summed E-state index contributed by atoms with van der Waals surface area (Å²) in [7, 11) is 0. The van der Waals surface area contributed by atoms with Crippen molar-refractivity contribution in [2.24, 2.45) is 0 Å². The summed E-state index contributed by atoms with van der Waals surface area (Å²) in [5.74, 6) is 0.705. The zero-order valence-electron chi connectivity index (χ0n) is 16.1. The van der Waals surface area contributed by atoms with Crippen LogP contribution in [0.15, 0.2) is 30.5 Å². The molecule has 7 nitrogen and oxygen atoms in total. The molecule has 0 bridgehead atoms. The third kappa shape index (κ3) is 3.83. The van der Waals surface area contributed by atoms with Crippen LogP contribution in [-0.4, -0.2) is 65.7 Å². The molecule has 0 spiro atoms. The molecular formula is C21H23ClN4O3. The zero-order chi connectivity index (χ0) is 19.6. The number of pyridine rings is 1. The second-order valence-electron chi connectivity index (χ2n) is 7.24. The van der Waals surface area contributed by atoms with Crippen LogP contribution in [0.3, 0.4) is 0 Å². The van der Waals surface area contributed by atoms with Crippen molar-refractivity contribution in [3.8, 4) is 11.6 Å². The van der Waals surface area contributed by atoms with Gasteiger partial charge in [0.05, 0.1) is 43.2 Å². The van der Waals surface area contributed by atoms with Gasteiger partial charge in [0.15, 0.2) is 0 Å². The SMILES string of the molecule is Clc1ccc(-n2nc3c4c(ncc3c2OCCN2CCOCC2)CCOC4)cc1. The number of morpholine rings is 1. The molecule has 4 heterocycles. The van der Waals surface area contributed by atoms with Crippen LogP contribution in [0.1, 0.15) is 11.3 Å². The van der Waals surface area contributed by atoms with E-state index in [1.165, 1.54) is 0 Å². The lowest BCUT2D eigenvalue weighted by Crippen LogP contribution is -2.38. The van der Waals surface area contributed by atoms with Crippen molar-refractivity contribution in [3.05, 3.63) is 46.7 Å². The van der Waals surface area contributed by atoms with Crippen LogP contribution in [0.25, 0.3) is 16.6 Å². The van der Waals surface area contributed by atoms with Crippen molar-refractivity contribution in [1.82, 2.24) is 19.7 Å². The van der Waals surface area contributed by atoms with Crippen LogP contribution < -0.4 is 4.74 Å². The largest absolute Gasteiger partial charge is 0.476 e. The van der Waals surface area contributed by atoms with Gasteiger partial charge in [-0.3, -0.25) is 9.88 Å². The lowest BCUT2D eigenvalue weighted by Gasteiger charge is -2.26. The minimum Gasteiger partial charge on any atom is -0.476 e. The van der Waals surface area contributed by atoms with Gasteiger partial charge < -0.3 is 14.2 Å². The maximum absolute atomic E-state index is 6.27. The molecule has 0 aliphatic carbocycles. The molecule has 2 aliphatic heterocycles. The molecule has 0 atom stereocenters. The highest BCUT2D eigenvalue weighted by Crippen LogP contribution is 2.33. The lowest BCUT2D eigenvalue weighted by molar-refractivity contribution is 0.0319. The highest BCUT2D eigenvalue weighted by molar-refractivity contribution is 6.30. The Morgan fingerprint density at radius 3 is 2.72 bits per heavy atom. The minimum atomic E-state index is 0.532. The highest BCUT2D eigenvalue weighted by Gasteiger charge is 2.22. The maximum Gasteiger partial charge on any atom is 0.226 e. The Labute approximate surface area is 174 Å². The van der Waals surface area contributed by atoms with Crippen molar-refractivity contribution in [1.29, 1.82) is 0 Å². The standard InChI is InChI=1S/C21H23ClN4O3/c22-15-1-3-16(4-2-15)26-21(29-12-8-25-6-10-27-11-7-25)17-13-23-19-5-9-28-14-18(19)20(17)24-26/h1-4,13H,5-12,14H2. The fourth-order valence-corrected chi connectivity index (χ4v) is 3.94. The summed E-state index contributed by atoms with van der Waals surface area (Å²) < 4.78 is 19.2. The summed E-state index contributed by atoms with van der Waals surface area (Å²) in [6, 6.07) is 7.61. The Hall–Kier alpha value is -2.19. The predicted octanol–water partition coefficient (Wildman–Crippen LogP) is 2.86. The summed E-state index contributed by atoms with van der Waals surface area (Å²) >= 11 is 6.08. The molecule has 0 radical (unpaired) electrons. The van der Waals surface area contributed by atoms with Crippen LogP contribution in [0.2, 0.25) is 5.02 Å². The Morgan fingerprint density at radius 2 is 1.90 bits per heavy atom. The molecule has 0 amide bonds. The maximum atomic E-state index is 6.27. The number of nitrogens with zero attached hydrogens (tertiary/aromatic N) is 4. The smallest absolute Gasteiger partial charge is 0.226 e. The molecule has 1 fully saturated rings. The topological polar surface area (TPSA) is 61.6 Å². The fraction of sp³-hybridized carbons (Fsp3) is 0.429. The van der Waals surface area contributed by atoms with Gasteiger partial charge in [-0.25, -0.2) is 0 Å². The first-order chi connectivity index (χ1) is 14.3. The first-order valence-electron chi connectivity index (χ1n) is 9.95. The normalized spacial score (nSPS) is 17.4. The first-order valence-corrected chi connectivity index (χ1v) is 10.3. The van der Waals surface area contributed by atoms with Crippen LogP contribution in [0.5, 0.6) is 5.88 Å². The van der Waals surface area contributed by atoms with Crippen LogP contribution in [0.4, 0.5) is 0 Å². The number of rotatable bonds is 5. The molecule has 2 aliphatic rings. The molecular weight excluding hydrogens is 392 g/mol. The van der Waals surface area contributed by atoms with Crippen LogP contribution >= 0.6 is 11.6 Å². The van der Waals surface area contributed by atoms with E-state index >= 15 is 0 Å².